The van der Waals surface area contributed by atoms with Gasteiger partial charge in [-0.15, -0.1) is 0 Å². The summed E-state index contributed by atoms with van der Waals surface area (Å²) >= 11 is 0. The Hall–Kier alpha value is -2.77. The Labute approximate surface area is 164 Å². The monoisotopic (exact) mass is 386 g/mol. The number of urea groups is 1. The SMILES string of the molecule is NC(=O)C1CCN(C(=O)CCCCCN2C(=O)N=C3C=CC=CC3C2=O)CC1. The molecule has 2 heterocycles. The summed E-state index contributed by atoms with van der Waals surface area (Å²) in [5.74, 6) is -1.02. The first kappa shape index (κ1) is 20.0. The molecule has 0 aromatic carbocycles. The normalized spacial score (nSPS) is 22.3. The van der Waals surface area contributed by atoms with Crippen molar-refractivity contribution in [3.63, 3.8) is 0 Å². The van der Waals surface area contributed by atoms with Gasteiger partial charge in [-0.05, 0) is 31.8 Å². The van der Waals surface area contributed by atoms with Gasteiger partial charge in [-0.2, -0.15) is 4.99 Å². The lowest BCUT2D eigenvalue weighted by atomic mass is 9.95. The summed E-state index contributed by atoms with van der Waals surface area (Å²) in [6.45, 7) is 1.47. The quantitative estimate of drug-likeness (QED) is 0.667. The minimum atomic E-state index is -0.510. The fourth-order valence-corrected chi connectivity index (χ4v) is 3.78. The largest absolute Gasteiger partial charge is 0.369 e. The lowest BCUT2D eigenvalue weighted by Crippen LogP contribution is -2.46. The van der Waals surface area contributed by atoms with Gasteiger partial charge in [-0.3, -0.25) is 19.3 Å². The van der Waals surface area contributed by atoms with Crippen LogP contribution in [-0.2, 0) is 14.4 Å². The topological polar surface area (TPSA) is 113 Å². The van der Waals surface area contributed by atoms with Crippen LogP contribution in [-0.4, -0.2) is 58.9 Å². The van der Waals surface area contributed by atoms with Crippen molar-refractivity contribution in [2.24, 2.45) is 22.6 Å². The number of nitrogens with zero attached hydrogens (tertiary/aromatic N) is 3. The third-order valence-corrected chi connectivity index (χ3v) is 5.51. The molecule has 0 spiro atoms. The predicted molar refractivity (Wildman–Crippen MR) is 103 cm³/mol. The number of hydrogen-bond acceptors (Lipinski definition) is 4. The molecule has 28 heavy (non-hydrogen) atoms. The van der Waals surface area contributed by atoms with Crippen LogP contribution in [0.2, 0.25) is 0 Å². The van der Waals surface area contributed by atoms with E-state index >= 15 is 0 Å². The molecule has 1 atom stereocenters. The van der Waals surface area contributed by atoms with Crippen molar-refractivity contribution in [1.29, 1.82) is 0 Å². The van der Waals surface area contributed by atoms with E-state index in [1.807, 2.05) is 0 Å². The number of rotatable bonds is 7. The molecule has 150 valence electrons. The number of piperidine rings is 1. The lowest BCUT2D eigenvalue weighted by molar-refractivity contribution is -0.135. The second-order valence-electron chi connectivity index (χ2n) is 7.40. The Kier molecular flexibility index (Phi) is 6.38. The Morgan fingerprint density at radius 1 is 1.11 bits per heavy atom. The number of primary amides is 1. The molecule has 0 aromatic heterocycles. The first-order valence-electron chi connectivity index (χ1n) is 9.83. The van der Waals surface area contributed by atoms with Crippen LogP contribution in [0.1, 0.15) is 38.5 Å². The summed E-state index contributed by atoms with van der Waals surface area (Å²) in [7, 11) is 0. The van der Waals surface area contributed by atoms with E-state index in [-0.39, 0.29) is 23.6 Å². The number of unbranched alkanes of at least 4 members (excludes halogenated alkanes) is 2. The van der Waals surface area contributed by atoms with Crippen molar-refractivity contribution < 1.29 is 19.2 Å². The van der Waals surface area contributed by atoms with Crippen molar-refractivity contribution in [2.75, 3.05) is 19.6 Å². The van der Waals surface area contributed by atoms with Crippen molar-refractivity contribution >= 4 is 29.5 Å². The Morgan fingerprint density at radius 2 is 1.86 bits per heavy atom. The van der Waals surface area contributed by atoms with E-state index in [4.69, 9.17) is 5.73 Å². The second-order valence-corrected chi connectivity index (χ2v) is 7.40. The Balaban J connectivity index is 1.36. The maximum Gasteiger partial charge on any atom is 0.350 e. The van der Waals surface area contributed by atoms with Gasteiger partial charge in [-0.25, -0.2) is 4.79 Å². The fourth-order valence-electron chi connectivity index (χ4n) is 3.78. The molecule has 1 aliphatic carbocycles. The van der Waals surface area contributed by atoms with Gasteiger partial charge in [0.25, 0.3) is 0 Å². The van der Waals surface area contributed by atoms with E-state index in [1.165, 1.54) is 4.90 Å². The van der Waals surface area contributed by atoms with Crippen molar-refractivity contribution in [3.8, 4) is 0 Å². The third-order valence-electron chi connectivity index (χ3n) is 5.51. The van der Waals surface area contributed by atoms with Gasteiger partial charge in [0.2, 0.25) is 17.7 Å². The number of nitrogens with two attached hydrogens (primary N) is 1. The average molecular weight is 386 g/mol. The van der Waals surface area contributed by atoms with Gasteiger partial charge in [0.05, 0.1) is 11.6 Å². The van der Waals surface area contributed by atoms with Gasteiger partial charge in [0.15, 0.2) is 0 Å². The van der Waals surface area contributed by atoms with E-state index in [0.29, 0.717) is 57.5 Å². The zero-order valence-corrected chi connectivity index (χ0v) is 15.9. The van der Waals surface area contributed by atoms with Gasteiger partial charge in [0, 0.05) is 32.0 Å². The summed E-state index contributed by atoms with van der Waals surface area (Å²) in [6.07, 6.45) is 10.8. The molecule has 2 aliphatic heterocycles. The van der Waals surface area contributed by atoms with Gasteiger partial charge in [-0.1, -0.05) is 24.6 Å². The summed E-state index contributed by atoms with van der Waals surface area (Å²) in [6, 6.07) is -0.510. The van der Waals surface area contributed by atoms with E-state index < -0.39 is 11.9 Å². The molecule has 8 heteroatoms. The van der Waals surface area contributed by atoms with Gasteiger partial charge >= 0.3 is 6.03 Å². The van der Waals surface area contributed by atoms with E-state index in [9.17, 15) is 19.2 Å². The highest BCUT2D eigenvalue weighted by molar-refractivity contribution is 6.21. The molecular weight excluding hydrogens is 360 g/mol. The van der Waals surface area contributed by atoms with E-state index in [1.54, 1.807) is 29.2 Å². The van der Waals surface area contributed by atoms with Gasteiger partial charge in [0.1, 0.15) is 0 Å². The summed E-state index contributed by atoms with van der Waals surface area (Å²) in [4.78, 5) is 55.0. The number of hydrogen-bond donors (Lipinski definition) is 1. The van der Waals surface area contributed by atoms with Crippen LogP contribution in [0.5, 0.6) is 0 Å². The number of aliphatic imine (C=N–C) groups is 1. The van der Waals surface area contributed by atoms with Crippen molar-refractivity contribution in [2.45, 2.75) is 38.5 Å². The fraction of sp³-hybridized carbons (Fsp3) is 0.550. The molecule has 8 nitrogen and oxygen atoms in total. The first-order chi connectivity index (χ1) is 13.5. The molecule has 0 saturated carbocycles. The smallest absolute Gasteiger partial charge is 0.350 e. The lowest BCUT2D eigenvalue weighted by Gasteiger charge is -2.30. The highest BCUT2D eigenvalue weighted by Crippen LogP contribution is 2.21. The number of carbonyl (C=O) groups excluding carboxylic acids is 4. The number of amides is 5. The van der Waals surface area contributed by atoms with E-state index in [2.05, 4.69) is 4.99 Å². The standard InChI is InChI=1S/C20H26N4O4/c21-18(26)14-9-12-23(13-10-14)17(25)8-2-1-5-11-24-19(27)15-6-3-4-7-16(15)22-20(24)28/h3-4,6-7,14-15H,1-2,5,8-13H2,(H2,21,26). The van der Waals surface area contributed by atoms with Crippen LogP contribution in [0.3, 0.4) is 0 Å². The van der Waals surface area contributed by atoms with Crippen LogP contribution < -0.4 is 5.73 Å². The van der Waals surface area contributed by atoms with Crippen LogP contribution >= 0.6 is 0 Å². The molecule has 0 aromatic rings. The number of likely N-dealkylation sites (tertiary alicyclic amines) is 1. The van der Waals surface area contributed by atoms with Crippen molar-refractivity contribution in [1.82, 2.24) is 9.80 Å². The Morgan fingerprint density at radius 3 is 2.57 bits per heavy atom. The molecule has 1 unspecified atom stereocenters. The van der Waals surface area contributed by atoms with Crippen LogP contribution in [0.15, 0.2) is 29.3 Å². The van der Waals surface area contributed by atoms with Crippen LogP contribution in [0.4, 0.5) is 4.79 Å². The minimum absolute atomic E-state index is 0.0846. The Bertz CT molecular complexity index is 747. The molecular formula is C20H26N4O4. The zero-order chi connectivity index (χ0) is 20.1. The zero-order valence-electron chi connectivity index (χ0n) is 15.9. The highest BCUT2D eigenvalue weighted by atomic mass is 16.2. The third kappa shape index (κ3) is 4.55. The first-order valence-corrected chi connectivity index (χ1v) is 9.83. The maximum absolute atomic E-state index is 12.5. The highest BCUT2D eigenvalue weighted by Gasteiger charge is 2.35. The molecule has 2 N–H and O–H groups in total. The summed E-state index contributed by atoms with van der Waals surface area (Å²) in [5.41, 5.74) is 5.81. The number of carbonyl (C=O) groups is 4. The molecule has 5 amide bonds. The average Bonchev–Trinajstić information content (AvgIpc) is 2.69. The van der Waals surface area contributed by atoms with Crippen LogP contribution in [0.25, 0.3) is 0 Å². The summed E-state index contributed by atoms with van der Waals surface area (Å²) in [5, 5.41) is 0. The molecule has 0 radical (unpaired) electrons. The number of allylic oxidation sites excluding steroid dienone is 3. The van der Waals surface area contributed by atoms with E-state index in [0.717, 1.165) is 6.42 Å². The summed E-state index contributed by atoms with van der Waals surface area (Å²) < 4.78 is 0. The van der Waals surface area contributed by atoms with Crippen LogP contribution in [0, 0.1) is 11.8 Å². The predicted octanol–water partition coefficient (Wildman–Crippen LogP) is 1.42. The second kappa shape index (κ2) is 8.95. The minimum Gasteiger partial charge on any atom is -0.369 e. The molecule has 3 rings (SSSR count). The van der Waals surface area contributed by atoms with Crippen molar-refractivity contribution in [3.05, 3.63) is 24.3 Å². The number of fused-ring (bicyclic) bond motifs is 1. The molecule has 1 fully saturated rings. The molecule has 0 bridgehead atoms. The molecule has 1 saturated heterocycles. The van der Waals surface area contributed by atoms with Gasteiger partial charge < -0.3 is 10.6 Å². The molecule has 3 aliphatic rings. The number of imide groups is 1. The maximum atomic E-state index is 12.5.